The third-order valence-corrected chi connectivity index (χ3v) is 7.10. The molecule has 3 heteroatoms. The number of benzene rings is 5. The molecule has 0 saturated carbocycles. The van der Waals surface area contributed by atoms with Gasteiger partial charge < -0.3 is 4.90 Å². The second-order valence-corrected chi connectivity index (χ2v) is 9.61. The van der Waals surface area contributed by atoms with Crippen LogP contribution in [0, 0.1) is 0 Å². The Morgan fingerprint density at radius 3 is 1.68 bits per heavy atom. The molecule has 0 spiro atoms. The lowest BCUT2D eigenvalue weighted by Gasteiger charge is -2.30. The number of hydrogen-bond acceptors (Lipinski definition) is 3. The third kappa shape index (κ3) is 5.09. The molecule has 1 aliphatic carbocycles. The van der Waals surface area contributed by atoms with Crippen molar-refractivity contribution in [3.8, 4) is 0 Å². The predicted octanol–water partition coefficient (Wildman–Crippen LogP) is 9.21. The van der Waals surface area contributed by atoms with Gasteiger partial charge in [-0.1, -0.05) is 78.9 Å². The summed E-state index contributed by atoms with van der Waals surface area (Å²) in [5.41, 5.74) is 9.67. The quantitative estimate of drug-likeness (QED) is 0.166. The second kappa shape index (κ2) is 11.2. The summed E-state index contributed by atoms with van der Waals surface area (Å²) in [5, 5.41) is 6.85. The molecule has 0 atom stereocenters. The number of hydrogen-bond donors (Lipinski definition) is 0. The average Bonchev–Trinajstić information content (AvgIpc) is 3.00. The van der Waals surface area contributed by atoms with Crippen LogP contribution in [-0.2, 0) is 12.8 Å². The Labute approximate surface area is 225 Å². The SMILES string of the molecule is C(=NN(c1ccccc1)c1ccccc1)c1ccc(N(c2ccccc2)c2cccc3c2CCCC3)cc1. The van der Waals surface area contributed by atoms with Gasteiger partial charge in [0, 0.05) is 17.1 Å². The summed E-state index contributed by atoms with van der Waals surface area (Å²) in [6.07, 6.45) is 6.76. The standard InChI is InChI=1S/C35H31N3/c1-4-15-30(16-5-1)37(35-22-12-14-29-13-10-11-21-34(29)35)31-25-23-28(24-26-31)27-36-38(32-17-6-2-7-18-32)33-19-8-3-9-20-33/h1-9,12,14-20,22-27H,10-11,13,21H2. The second-order valence-electron chi connectivity index (χ2n) is 9.61. The van der Waals surface area contributed by atoms with Gasteiger partial charge in [0.1, 0.15) is 0 Å². The molecule has 0 N–H and O–H groups in total. The van der Waals surface area contributed by atoms with Gasteiger partial charge in [0.05, 0.1) is 17.6 Å². The van der Waals surface area contributed by atoms with Crippen LogP contribution in [0.3, 0.4) is 0 Å². The Kier molecular flexibility index (Phi) is 6.99. The summed E-state index contributed by atoms with van der Waals surface area (Å²) in [4.78, 5) is 2.39. The van der Waals surface area contributed by atoms with Crippen molar-refractivity contribution in [3.05, 3.63) is 150 Å². The van der Waals surface area contributed by atoms with Crippen LogP contribution in [0.15, 0.2) is 139 Å². The van der Waals surface area contributed by atoms with E-state index in [2.05, 4.69) is 102 Å². The van der Waals surface area contributed by atoms with Crippen molar-refractivity contribution in [1.29, 1.82) is 0 Å². The summed E-state index contributed by atoms with van der Waals surface area (Å²) >= 11 is 0. The molecule has 0 amide bonds. The molecule has 5 aromatic rings. The molecule has 5 aromatic carbocycles. The van der Waals surface area contributed by atoms with Crippen LogP contribution in [0.2, 0.25) is 0 Å². The van der Waals surface area contributed by atoms with Crippen molar-refractivity contribution in [2.45, 2.75) is 25.7 Å². The highest BCUT2D eigenvalue weighted by atomic mass is 15.5. The Morgan fingerprint density at radius 1 is 0.500 bits per heavy atom. The first kappa shape index (κ1) is 23.7. The largest absolute Gasteiger partial charge is 0.310 e. The summed E-state index contributed by atoms with van der Waals surface area (Å²) < 4.78 is 0. The average molecular weight is 494 g/mol. The van der Waals surface area contributed by atoms with Gasteiger partial charge >= 0.3 is 0 Å². The van der Waals surface area contributed by atoms with E-state index in [0.717, 1.165) is 29.0 Å². The topological polar surface area (TPSA) is 18.8 Å². The van der Waals surface area contributed by atoms with Gasteiger partial charge in [-0.05, 0) is 97.0 Å². The summed E-state index contributed by atoms with van der Waals surface area (Å²) in [6.45, 7) is 0. The number of hydrazone groups is 1. The number of rotatable bonds is 7. The lowest BCUT2D eigenvalue weighted by Crippen LogP contribution is -2.15. The third-order valence-electron chi connectivity index (χ3n) is 7.10. The molecule has 0 aliphatic heterocycles. The maximum Gasteiger partial charge on any atom is 0.0652 e. The van der Waals surface area contributed by atoms with Crippen LogP contribution in [0.1, 0.15) is 29.5 Å². The first-order chi connectivity index (χ1) is 18.9. The molecule has 0 aromatic heterocycles. The van der Waals surface area contributed by atoms with Crippen molar-refractivity contribution in [2.24, 2.45) is 5.10 Å². The fourth-order valence-electron chi connectivity index (χ4n) is 5.23. The predicted molar refractivity (Wildman–Crippen MR) is 160 cm³/mol. The molecule has 0 radical (unpaired) electrons. The molecule has 0 saturated heterocycles. The molecule has 0 heterocycles. The lowest BCUT2D eigenvalue weighted by atomic mass is 9.90. The van der Waals surface area contributed by atoms with Crippen molar-refractivity contribution >= 4 is 34.7 Å². The van der Waals surface area contributed by atoms with Crippen LogP contribution < -0.4 is 9.91 Å². The van der Waals surface area contributed by atoms with E-state index in [9.17, 15) is 0 Å². The molecule has 186 valence electrons. The van der Waals surface area contributed by atoms with Crippen molar-refractivity contribution in [1.82, 2.24) is 0 Å². The normalized spacial score (nSPS) is 12.7. The molecular weight excluding hydrogens is 462 g/mol. The number of aryl methyl sites for hydroxylation is 1. The number of anilines is 5. The number of nitrogens with zero attached hydrogens (tertiary/aromatic N) is 3. The van der Waals surface area contributed by atoms with Gasteiger partial charge in [0.25, 0.3) is 0 Å². The van der Waals surface area contributed by atoms with E-state index in [4.69, 9.17) is 5.10 Å². The fourth-order valence-corrected chi connectivity index (χ4v) is 5.23. The molecular formula is C35H31N3. The van der Waals surface area contributed by atoms with Crippen LogP contribution in [-0.4, -0.2) is 6.21 Å². The minimum absolute atomic E-state index is 1.02. The zero-order valence-electron chi connectivity index (χ0n) is 21.4. The van der Waals surface area contributed by atoms with Crippen LogP contribution >= 0.6 is 0 Å². The molecule has 0 unspecified atom stereocenters. The number of para-hydroxylation sites is 3. The van der Waals surface area contributed by atoms with Crippen molar-refractivity contribution < 1.29 is 0 Å². The minimum atomic E-state index is 1.02. The first-order valence-electron chi connectivity index (χ1n) is 13.4. The lowest BCUT2D eigenvalue weighted by molar-refractivity contribution is 0.686. The Bertz CT molecular complexity index is 1450. The molecule has 0 fully saturated rings. The maximum absolute atomic E-state index is 4.88. The minimum Gasteiger partial charge on any atom is -0.310 e. The highest BCUT2D eigenvalue weighted by Crippen LogP contribution is 2.39. The van der Waals surface area contributed by atoms with E-state index >= 15 is 0 Å². The van der Waals surface area contributed by atoms with E-state index in [1.807, 2.05) is 47.6 Å². The van der Waals surface area contributed by atoms with E-state index in [1.54, 1.807) is 0 Å². The monoisotopic (exact) mass is 493 g/mol. The summed E-state index contributed by atoms with van der Waals surface area (Å²) in [6, 6.07) is 46.7. The van der Waals surface area contributed by atoms with Crippen LogP contribution in [0.25, 0.3) is 0 Å². The zero-order chi connectivity index (χ0) is 25.6. The van der Waals surface area contributed by atoms with Crippen LogP contribution in [0.4, 0.5) is 28.4 Å². The summed E-state index contributed by atoms with van der Waals surface area (Å²) in [7, 11) is 0. The van der Waals surface area contributed by atoms with Gasteiger partial charge in [-0.15, -0.1) is 0 Å². The van der Waals surface area contributed by atoms with E-state index in [-0.39, 0.29) is 0 Å². The molecule has 0 bridgehead atoms. The van der Waals surface area contributed by atoms with E-state index in [1.165, 1.54) is 41.8 Å². The smallest absolute Gasteiger partial charge is 0.0652 e. The van der Waals surface area contributed by atoms with Crippen molar-refractivity contribution in [3.63, 3.8) is 0 Å². The number of fused-ring (bicyclic) bond motifs is 1. The first-order valence-corrected chi connectivity index (χ1v) is 13.4. The molecule has 38 heavy (non-hydrogen) atoms. The van der Waals surface area contributed by atoms with Gasteiger partial charge in [-0.2, -0.15) is 5.10 Å². The molecule has 1 aliphatic rings. The highest BCUT2D eigenvalue weighted by Gasteiger charge is 2.20. The molecule has 3 nitrogen and oxygen atoms in total. The molecule has 6 rings (SSSR count). The van der Waals surface area contributed by atoms with Gasteiger partial charge in [0.15, 0.2) is 0 Å². The Balaban J connectivity index is 1.34. The van der Waals surface area contributed by atoms with Gasteiger partial charge in [0.2, 0.25) is 0 Å². The van der Waals surface area contributed by atoms with Gasteiger partial charge in [-0.25, -0.2) is 5.01 Å². The Morgan fingerprint density at radius 2 is 1.05 bits per heavy atom. The van der Waals surface area contributed by atoms with Crippen molar-refractivity contribution in [2.75, 3.05) is 9.91 Å². The van der Waals surface area contributed by atoms with Crippen LogP contribution in [0.5, 0.6) is 0 Å². The summed E-state index contributed by atoms with van der Waals surface area (Å²) in [5.74, 6) is 0. The fraction of sp³-hybridized carbons (Fsp3) is 0.114. The highest BCUT2D eigenvalue weighted by molar-refractivity contribution is 5.85. The van der Waals surface area contributed by atoms with E-state index < -0.39 is 0 Å². The maximum atomic E-state index is 4.88. The van der Waals surface area contributed by atoms with Gasteiger partial charge in [-0.3, -0.25) is 0 Å². The Hall–Kier alpha value is -4.63. The zero-order valence-corrected chi connectivity index (χ0v) is 21.4. The van der Waals surface area contributed by atoms with E-state index in [0.29, 0.717) is 0 Å².